The summed E-state index contributed by atoms with van der Waals surface area (Å²) in [6.45, 7) is 7.35. The molecule has 0 radical (unpaired) electrons. The normalized spacial score (nSPS) is 14.2. The first kappa shape index (κ1) is 21.9. The van der Waals surface area contributed by atoms with Gasteiger partial charge < -0.3 is 18.6 Å². The molecule has 7 nitrogen and oxygen atoms in total. The van der Waals surface area contributed by atoms with Crippen LogP contribution in [-0.2, 0) is 24.3 Å². The van der Waals surface area contributed by atoms with Crippen molar-refractivity contribution >= 4 is 5.78 Å². The molecule has 0 aliphatic carbocycles. The molecule has 30 heavy (non-hydrogen) atoms. The minimum Gasteiger partial charge on any atom is -0.493 e. The molecule has 0 saturated heterocycles. The van der Waals surface area contributed by atoms with Gasteiger partial charge in [0.2, 0.25) is 11.2 Å². The van der Waals surface area contributed by atoms with Crippen molar-refractivity contribution in [2.24, 2.45) is 5.41 Å². The molecule has 2 heterocycles. The van der Waals surface area contributed by atoms with Crippen LogP contribution in [0.3, 0.4) is 0 Å². The van der Waals surface area contributed by atoms with Crippen LogP contribution < -0.4 is 19.6 Å². The second-order valence-electron chi connectivity index (χ2n) is 8.47. The Morgan fingerprint density at radius 2 is 1.73 bits per heavy atom. The first-order chi connectivity index (χ1) is 14.2. The molecule has 162 valence electrons. The van der Waals surface area contributed by atoms with E-state index in [1.165, 1.54) is 23.5 Å². The van der Waals surface area contributed by atoms with Gasteiger partial charge in [-0.2, -0.15) is 0 Å². The van der Waals surface area contributed by atoms with Crippen molar-refractivity contribution in [1.29, 1.82) is 0 Å². The number of hydrogen-bond acceptors (Lipinski definition) is 7. The number of benzene rings is 1. The van der Waals surface area contributed by atoms with E-state index in [2.05, 4.69) is 4.90 Å². The van der Waals surface area contributed by atoms with E-state index in [9.17, 15) is 9.59 Å². The molecule has 0 amide bonds. The number of ether oxygens (including phenoxy) is 3. The molecule has 7 heteroatoms. The predicted octanol–water partition coefficient (Wildman–Crippen LogP) is 3.21. The highest BCUT2D eigenvalue weighted by atomic mass is 16.5. The lowest BCUT2D eigenvalue weighted by Gasteiger charge is -2.29. The summed E-state index contributed by atoms with van der Waals surface area (Å²) >= 11 is 0. The highest BCUT2D eigenvalue weighted by molar-refractivity contribution is 5.85. The molecule has 0 saturated carbocycles. The Morgan fingerprint density at radius 3 is 2.33 bits per heavy atom. The summed E-state index contributed by atoms with van der Waals surface area (Å²) in [5.41, 5.74) is 1.60. The van der Waals surface area contributed by atoms with Gasteiger partial charge in [-0.1, -0.05) is 20.8 Å². The highest BCUT2D eigenvalue weighted by Crippen LogP contribution is 2.33. The molecule has 1 aliphatic rings. The van der Waals surface area contributed by atoms with Crippen molar-refractivity contribution in [2.45, 2.75) is 40.3 Å². The summed E-state index contributed by atoms with van der Waals surface area (Å²) in [6, 6.07) is 5.46. The van der Waals surface area contributed by atoms with E-state index in [1.54, 1.807) is 14.2 Å². The van der Waals surface area contributed by atoms with Crippen LogP contribution in [0.15, 0.2) is 33.7 Å². The minimum absolute atomic E-state index is 0.0529. The van der Waals surface area contributed by atoms with Crippen molar-refractivity contribution in [1.82, 2.24) is 4.90 Å². The SMILES string of the molecule is COc1cc2c(cc1OC)CN(Cc1cc(=O)c(OCC(=O)C(C)(C)C)co1)CC2. The van der Waals surface area contributed by atoms with Crippen LogP contribution in [0.4, 0.5) is 0 Å². The van der Waals surface area contributed by atoms with Gasteiger partial charge in [0.05, 0.1) is 20.8 Å². The van der Waals surface area contributed by atoms with E-state index in [1.807, 2.05) is 32.9 Å². The molecule has 2 aromatic rings. The summed E-state index contributed by atoms with van der Waals surface area (Å²) in [4.78, 5) is 26.5. The van der Waals surface area contributed by atoms with Crippen LogP contribution in [0.2, 0.25) is 0 Å². The first-order valence-corrected chi connectivity index (χ1v) is 9.95. The van der Waals surface area contributed by atoms with E-state index >= 15 is 0 Å². The Balaban J connectivity index is 1.66. The average Bonchev–Trinajstić information content (AvgIpc) is 2.71. The lowest BCUT2D eigenvalue weighted by Crippen LogP contribution is -2.30. The quantitative estimate of drug-likeness (QED) is 0.687. The van der Waals surface area contributed by atoms with Crippen molar-refractivity contribution in [2.75, 3.05) is 27.4 Å². The molecular weight excluding hydrogens is 386 g/mol. The second kappa shape index (κ2) is 8.92. The fourth-order valence-corrected chi connectivity index (χ4v) is 3.28. The standard InChI is InChI=1S/C23H29NO6/c1-23(2,3)22(26)14-30-21-13-29-17(10-18(21)25)12-24-7-6-15-8-19(27-4)20(28-5)9-16(15)11-24/h8-10,13H,6-7,11-12,14H2,1-5H3. The van der Waals surface area contributed by atoms with Gasteiger partial charge in [-0.3, -0.25) is 14.5 Å². The number of hydrogen-bond donors (Lipinski definition) is 0. The lowest BCUT2D eigenvalue weighted by molar-refractivity contribution is -0.128. The number of nitrogens with zero attached hydrogens (tertiary/aromatic N) is 1. The zero-order valence-electron chi connectivity index (χ0n) is 18.2. The Morgan fingerprint density at radius 1 is 1.07 bits per heavy atom. The molecule has 0 N–H and O–H groups in total. The van der Waals surface area contributed by atoms with Gasteiger partial charge in [-0.15, -0.1) is 0 Å². The van der Waals surface area contributed by atoms with Crippen LogP contribution in [-0.4, -0.2) is 38.1 Å². The molecular formula is C23H29NO6. The predicted molar refractivity (Wildman–Crippen MR) is 112 cm³/mol. The third kappa shape index (κ3) is 5.02. The summed E-state index contributed by atoms with van der Waals surface area (Å²) in [5.74, 6) is 1.97. The number of rotatable bonds is 7. The number of fused-ring (bicyclic) bond motifs is 1. The van der Waals surface area contributed by atoms with E-state index in [0.29, 0.717) is 18.1 Å². The van der Waals surface area contributed by atoms with Gasteiger partial charge in [0, 0.05) is 24.6 Å². The smallest absolute Gasteiger partial charge is 0.227 e. The number of Topliss-reactive ketones (excluding diaryl/α,β-unsaturated/α-hetero) is 1. The van der Waals surface area contributed by atoms with Gasteiger partial charge in [-0.05, 0) is 29.7 Å². The fourth-order valence-electron chi connectivity index (χ4n) is 3.28. The first-order valence-electron chi connectivity index (χ1n) is 9.95. The maximum absolute atomic E-state index is 12.4. The summed E-state index contributed by atoms with van der Waals surface area (Å²) < 4.78 is 21.8. The molecule has 1 aromatic carbocycles. The Hall–Kier alpha value is -2.80. The lowest BCUT2D eigenvalue weighted by atomic mass is 9.91. The minimum atomic E-state index is -0.516. The third-order valence-corrected chi connectivity index (χ3v) is 5.22. The summed E-state index contributed by atoms with van der Waals surface area (Å²) in [5, 5.41) is 0. The zero-order chi connectivity index (χ0) is 21.9. The number of carbonyl (C=O) groups is 1. The molecule has 0 bridgehead atoms. The number of carbonyl (C=O) groups excluding carboxylic acids is 1. The second-order valence-corrected chi connectivity index (χ2v) is 8.47. The maximum Gasteiger partial charge on any atom is 0.227 e. The summed E-state index contributed by atoms with van der Waals surface area (Å²) in [6.07, 6.45) is 2.16. The Bertz CT molecular complexity index is 973. The van der Waals surface area contributed by atoms with Crippen molar-refractivity contribution in [3.05, 3.63) is 51.6 Å². The molecule has 0 unspecified atom stereocenters. The maximum atomic E-state index is 12.4. The molecule has 0 spiro atoms. The molecule has 3 rings (SSSR count). The van der Waals surface area contributed by atoms with Crippen LogP contribution >= 0.6 is 0 Å². The van der Waals surface area contributed by atoms with Crippen LogP contribution in [0.25, 0.3) is 0 Å². The number of ketones is 1. The van der Waals surface area contributed by atoms with Gasteiger partial charge in [0.15, 0.2) is 17.3 Å². The third-order valence-electron chi connectivity index (χ3n) is 5.22. The Kier molecular flexibility index (Phi) is 6.51. The molecule has 1 aliphatic heterocycles. The van der Waals surface area contributed by atoms with E-state index < -0.39 is 5.41 Å². The van der Waals surface area contributed by atoms with Crippen molar-refractivity contribution in [3.8, 4) is 17.2 Å². The zero-order valence-corrected chi connectivity index (χ0v) is 18.2. The monoisotopic (exact) mass is 415 g/mol. The van der Waals surface area contributed by atoms with E-state index in [-0.39, 0.29) is 23.6 Å². The average molecular weight is 415 g/mol. The Labute approximate surface area is 176 Å². The van der Waals surface area contributed by atoms with Crippen LogP contribution in [0, 0.1) is 5.41 Å². The molecule has 0 fully saturated rings. The topological polar surface area (TPSA) is 78.2 Å². The molecule has 1 aromatic heterocycles. The largest absolute Gasteiger partial charge is 0.493 e. The van der Waals surface area contributed by atoms with Gasteiger partial charge >= 0.3 is 0 Å². The highest BCUT2D eigenvalue weighted by Gasteiger charge is 2.23. The molecule has 0 atom stereocenters. The van der Waals surface area contributed by atoms with Gasteiger partial charge in [0.25, 0.3) is 0 Å². The van der Waals surface area contributed by atoms with Crippen molar-refractivity contribution < 1.29 is 23.4 Å². The fraction of sp³-hybridized carbons (Fsp3) is 0.478. The van der Waals surface area contributed by atoms with E-state index in [4.69, 9.17) is 18.6 Å². The van der Waals surface area contributed by atoms with Crippen LogP contribution in [0.5, 0.6) is 17.2 Å². The summed E-state index contributed by atoms with van der Waals surface area (Å²) in [7, 11) is 3.26. The van der Waals surface area contributed by atoms with Gasteiger partial charge in [0.1, 0.15) is 18.6 Å². The van der Waals surface area contributed by atoms with Crippen molar-refractivity contribution in [3.63, 3.8) is 0 Å². The van der Waals surface area contributed by atoms with Crippen LogP contribution in [0.1, 0.15) is 37.7 Å². The van der Waals surface area contributed by atoms with Gasteiger partial charge in [-0.25, -0.2) is 0 Å². The van der Waals surface area contributed by atoms with E-state index in [0.717, 1.165) is 25.3 Å². The number of methoxy groups -OCH3 is 2.